The number of ether oxygens (including phenoxy) is 3. The number of hydrogen-bond acceptors (Lipinski definition) is 6. The normalized spacial score (nSPS) is 24.8. The minimum Gasteiger partial charge on any atom is -0.490 e. The second kappa shape index (κ2) is 11.5. The number of amides is 2. The smallest absolute Gasteiger partial charge is 0.225 e. The van der Waals surface area contributed by atoms with Gasteiger partial charge in [0.25, 0.3) is 0 Å². The van der Waals surface area contributed by atoms with Crippen molar-refractivity contribution < 1.29 is 28.2 Å². The first-order valence-electron chi connectivity index (χ1n) is 12.3. The van der Waals surface area contributed by atoms with Crippen molar-refractivity contribution in [2.24, 2.45) is 5.92 Å². The van der Waals surface area contributed by atoms with Crippen molar-refractivity contribution in [2.45, 2.75) is 31.3 Å². The van der Waals surface area contributed by atoms with Gasteiger partial charge >= 0.3 is 0 Å². The fourth-order valence-electron chi connectivity index (χ4n) is 4.89. The highest BCUT2D eigenvalue weighted by molar-refractivity contribution is 5.79. The Morgan fingerprint density at radius 3 is 2.38 bits per heavy atom. The molecule has 188 valence electrons. The molecule has 0 saturated carbocycles. The first kappa shape index (κ1) is 24.9. The molecule has 1 aromatic carbocycles. The van der Waals surface area contributed by atoms with Crippen molar-refractivity contribution >= 4 is 11.8 Å². The molecule has 3 aliphatic heterocycles. The number of halogens is 1. The van der Waals surface area contributed by atoms with Crippen molar-refractivity contribution in [1.29, 1.82) is 0 Å². The van der Waals surface area contributed by atoms with Crippen LogP contribution in [0.5, 0.6) is 5.75 Å². The lowest BCUT2D eigenvalue weighted by Gasteiger charge is -2.43. The predicted octanol–water partition coefficient (Wildman–Crippen LogP) is 1.78. The van der Waals surface area contributed by atoms with Gasteiger partial charge in [0.2, 0.25) is 11.8 Å². The Hall–Kier alpha value is -2.23. The van der Waals surface area contributed by atoms with Crippen molar-refractivity contribution in [3.8, 4) is 5.75 Å². The second-order valence-electron chi connectivity index (χ2n) is 9.71. The van der Waals surface area contributed by atoms with Crippen LogP contribution >= 0.6 is 0 Å². The van der Waals surface area contributed by atoms with Gasteiger partial charge in [0.05, 0.1) is 32.8 Å². The predicted molar refractivity (Wildman–Crippen MR) is 124 cm³/mol. The minimum absolute atomic E-state index is 0.0318. The van der Waals surface area contributed by atoms with E-state index in [0.717, 1.165) is 25.9 Å². The molecule has 34 heavy (non-hydrogen) atoms. The molecule has 3 aliphatic rings. The zero-order valence-corrected chi connectivity index (χ0v) is 20.0. The first-order chi connectivity index (χ1) is 16.4. The standard InChI is InChI=1S/C25H36FN3O5/c1-27-8-6-20(7-9-27)16-23(30)29-12-15-34-25(18-29,17-24(31)28-10-13-32-14-11-28)19-33-22-4-2-21(26)3-5-22/h2-5,20H,6-19H2,1H3/t25-/m1/s1. The Labute approximate surface area is 200 Å². The maximum atomic E-state index is 13.3. The van der Waals surface area contributed by atoms with Crippen LogP contribution in [0, 0.1) is 11.7 Å². The van der Waals surface area contributed by atoms with E-state index in [-0.39, 0.29) is 30.7 Å². The summed E-state index contributed by atoms with van der Waals surface area (Å²) in [6.07, 6.45) is 2.70. The van der Waals surface area contributed by atoms with E-state index in [1.54, 1.807) is 17.0 Å². The van der Waals surface area contributed by atoms with E-state index in [2.05, 4.69) is 11.9 Å². The largest absolute Gasteiger partial charge is 0.490 e. The second-order valence-corrected chi connectivity index (χ2v) is 9.71. The van der Waals surface area contributed by atoms with Gasteiger partial charge in [-0.15, -0.1) is 0 Å². The van der Waals surface area contributed by atoms with E-state index in [9.17, 15) is 14.0 Å². The molecule has 0 bridgehead atoms. The number of nitrogens with zero attached hydrogens (tertiary/aromatic N) is 3. The summed E-state index contributed by atoms with van der Waals surface area (Å²) in [5, 5.41) is 0. The summed E-state index contributed by atoms with van der Waals surface area (Å²) in [5.74, 6) is 0.631. The number of carbonyl (C=O) groups excluding carboxylic acids is 2. The zero-order chi connectivity index (χ0) is 24.0. The maximum absolute atomic E-state index is 13.3. The lowest BCUT2D eigenvalue weighted by atomic mass is 9.92. The van der Waals surface area contributed by atoms with Crippen LogP contribution in [0.3, 0.4) is 0 Å². The molecule has 0 N–H and O–H groups in total. The lowest BCUT2D eigenvalue weighted by molar-refractivity contribution is -0.167. The Kier molecular flexibility index (Phi) is 8.39. The molecule has 4 rings (SSSR count). The molecular weight excluding hydrogens is 441 g/mol. The van der Waals surface area contributed by atoms with E-state index in [1.165, 1.54) is 12.1 Å². The van der Waals surface area contributed by atoms with Gasteiger partial charge in [0.15, 0.2) is 0 Å². The third-order valence-corrected chi connectivity index (χ3v) is 7.06. The highest BCUT2D eigenvalue weighted by Crippen LogP contribution is 2.28. The van der Waals surface area contributed by atoms with Crippen LogP contribution in [0.4, 0.5) is 4.39 Å². The summed E-state index contributed by atoms with van der Waals surface area (Å²) in [6.45, 7) is 5.44. The van der Waals surface area contributed by atoms with Gasteiger partial charge in [0.1, 0.15) is 23.8 Å². The van der Waals surface area contributed by atoms with Gasteiger partial charge in [-0.3, -0.25) is 9.59 Å². The summed E-state index contributed by atoms with van der Waals surface area (Å²) in [5.41, 5.74) is -0.954. The molecule has 1 aromatic rings. The molecule has 0 spiro atoms. The van der Waals surface area contributed by atoms with Crippen molar-refractivity contribution in [3.63, 3.8) is 0 Å². The van der Waals surface area contributed by atoms with Gasteiger partial charge in [-0.05, 0) is 63.2 Å². The van der Waals surface area contributed by atoms with Crippen LogP contribution in [0.15, 0.2) is 24.3 Å². The first-order valence-corrected chi connectivity index (χ1v) is 12.3. The van der Waals surface area contributed by atoms with Gasteiger partial charge in [0, 0.05) is 26.1 Å². The monoisotopic (exact) mass is 477 g/mol. The van der Waals surface area contributed by atoms with E-state index >= 15 is 0 Å². The molecule has 3 saturated heterocycles. The van der Waals surface area contributed by atoms with Crippen molar-refractivity contribution in [3.05, 3.63) is 30.1 Å². The van der Waals surface area contributed by atoms with Gasteiger partial charge in [-0.1, -0.05) is 0 Å². The Morgan fingerprint density at radius 2 is 1.68 bits per heavy atom. The molecular formula is C25H36FN3O5. The van der Waals surface area contributed by atoms with Crippen LogP contribution in [0.2, 0.25) is 0 Å². The highest BCUT2D eigenvalue weighted by Gasteiger charge is 2.42. The quantitative estimate of drug-likeness (QED) is 0.596. The molecule has 9 heteroatoms. The lowest BCUT2D eigenvalue weighted by Crippen LogP contribution is -2.59. The van der Waals surface area contributed by atoms with Crippen LogP contribution < -0.4 is 4.74 Å². The van der Waals surface area contributed by atoms with Crippen LogP contribution in [0.25, 0.3) is 0 Å². The average molecular weight is 478 g/mol. The van der Waals surface area contributed by atoms with Gasteiger partial charge in [-0.25, -0.2) is 4.39 Å². The maximum Gasteiger partial charge on any atom is 0.225 e. The molecule has 2 amide bonds. The number of morpholine rings is 2. The SMILES string of the molecule is CN1CCC(CC(=O)N2CCO[C@](COc3ccc(F)cc3)(CC(=O)N3CCOCC3)C2)CC1. The van der Waals surface area contributed by atoms with E-state index < -0.39 is 5.60 Å². The minimum atomic E-state index is -0.954. The molecule has 3 fully saturated rings. The van der Waals surface area contributed by atoms with Crippen LogP contribution in [-0.2, 0) is 19.1 Å². The molecule has 0 aliphatic carbocycles. The molecule has 3 heterocycles. The van der Waals surface area contributed by atoms with E-state index in [4.69, 9.17) is 14.2 Å². The number of piperidine rings is 1. The average Bonchev–Trinajstić information content (AvgIpc) is 2.86. The zero-order valence-electron chi connectivity index (χ0n) is 20.0. The highest BCUT2D eigenvalue weighted by atomic mass is 19.1. The number of likely N-dealkylation sites (tertiary alicyclic amines) is 1. The van der Waals surface area contributed by atoms with E-state index in [0.29, 0.717) is 64.1 Å². The molecule has 0 unspecified atom stereocenters. The number of hydrogen-bond donors (Lipinski definition) is 0. The fourth-order valence-corrected chi connectivity index (χ4v) is 4.89. The summed E-state index contributed by atoms with van der Waals surface area (Å²) >= 11 is 0. The Bertz CT molecular complexity index is 824. The van der Waals surface area contributed by atoms with Crippen molar-refractivity contribution in [2.75, 3.05) is 72.7 Å². The van der Waals surface area contributed by atoms with E-state index in [1.807, 2.05) is 4.90 Å². The Morgan fingerprint density at radius 1 is 1.00 bits per heavy atom. The summed E-state index contributed by atoms with van der Waals surface area (Å²) in [4.78, 5) is 32.2. The summed E-state index contributed by atoms with van der Waals surface area (Å²) in [7, 11) is 2.11. The fraction of sp³-hybridized carbons (Fsp3) is 0.680. The summed E-state index contributed by atoms with van der Waals surface area (Å²) in [6, 6.07) is 5.78. The van der Waals surface area contributed by atoms with Crippen LogP contribution in [0.1, 0.15) is 25.7 Å². The molecule has 8 nitrogen and oxygen atoms in total. The molecule has 1 atom stereocenters. The molecule has 0 radical (unpaired) electrons. The van der Waals surface area contributed by atoms with Gasteiger partial charge < -0.3 is 28.9 Å². The van der Waals surface area contributed by atoms with Crippen LogP contribution in [-0.4, -0.2) is 105 Å². The van der Waals surface area contributed by atoms with Crippen molar-refractivity contribution in [1.82, 2.24) is 14.7 Å². The third-order valence-electron chi connectivity index (χ3n) is 7.06. The number of benzene rings is 1. The third kappa shape index (κ3) is 6.67. The number of rotatable bonds is 7. The topological polar surface area (TPSA) is 71.6 Å². The molecule has 0 aromatic heterocycles. The Balaban J connectivity index is 1.43. The summed E-state index contributed by atoms with van der Waals surface area (Å²) < 4.78 is 30.8. The van der Waals surface area contributed by atoms with Gasteiger partial charge in [-0.2, -0.15) is 0 Å². The number of carbonyl (C=O) groups is 2.